The van der Waals surface area contributed by atoms with Crippen LogP contribution in [0.1, 0.15) is 5.82 Å². The molecule has 0 aliphatic heterocycles. The number of anilines is 1. The maximum atomic E-state index is 13.5. The van der Waals surface area contributed by atoms with E-state index in [9.17, 15) is 22.8 Å². The average molecular weight is 349 g/mol. The van der Waals surface area contributed by atoms with Crippen LogP contribution in [0.5, 0.6) is 0 Å². The summed E-state index contributed by atoms with van der Waals surface area (Å²) in [6, 6.07) is 5.92. The van der Waals surface area contributed by atoms with Gasteiger partial charge in [-0.2, -0.15) is 0 Å². The van der Waals surface area contributed by atoms with E-state index in [0.717, 1.165) is 0 Å². The first kappa shape index (κ1) is 16.4. The van der Waals surface area contributed by atoms with Crippen LogP contribution in [0.3, 0.4) is 0 Å². The molecular formula is C15H10F3N5O2. The van der Waals surface area contributed by atoms with Crippen LogP contribution in [0.25, 0.3) is 5.65 Å². The van der Waals surface area contributed by atoms with E-state index < -0.39 is 35.0 Å². The zero-order valence-electron chi connectivity index (χ0n) is 12.5. The monoisotopic (exact) mass is 349 g/mol. The van der Waals surface area contributed by atoms with Gasteiger partial charge in [-0.3, -0.25) is 14.0 Å². The molecule has 0 radical (unpaired) electrons. The third kappa shape index (κ3) is 3.42. The Morgan fingerprint density at radius 2 is 1.76 bits per heavy atom. The molecule has 0 fully saturated rings. The molecule has 0 atom stereocenters. The second-order valence-corrected chi connectivity index (χ2v) is 4.93. The molecule has 128 valence electrons. The van der Waals surface area contributed by atoms with Crippen LogP contribution >= 0.6 is 0 Å². The SMILES string of the molecule is O=C(NCc1nnc2ccccn12)C(=O)Nc1cc(F)c(F)cc1F. The van der Waals surface area contributed by atoms with E-state index >= 15 is 0 Å². The van der Waals surface area contributed by atoms with E-state index in [1.54, 1.807) is 28.8 Å². The van der Waals surface area contributed by atoms with E-state index in [0.29, 0.717) is 17.5 Å². The molecule has 3 rings (SSSR count). The van der Waals surface area contributed by atoms with Crippen LogP contribution in [0, 0.1) is 17.5 Å². The number of pyridine rings is 1. The first-order valence-electron chi connectivity index (χ1n) is 6.98. The Morgan fingerprint density at radius 3 is 2.56 bits per heavy atom. The summed E-state index contributed by atoms with van der Waals surface area (Å²) >= 11 is 0. The Bertz CT molecular complexity index is 973. The largest absolute Gasteiger partial charge is 0.341 e. The molecule has 1 aromatic carbocycles. The van der Waals surface area contributed by atoms with Crippen LogP contribution in [-0.4, -0.2) is 26.4 Å². The molecule has 7 nitrogen and oxygen atoms in total. The Hall–Kier alpha value is -3.43. The van der Waals surface area contributed by atoms with Crippen molar-refractivity contribution in [1.82, 2.24) is 19.9 Å². The quantitative estimate of drug-likeness (QED) is 0.553. The number of amides is 2. The number of carbonyl (C=O) groups excluding carboxylic acids is 2. The molecule has 0 aliphatic rings. The number of rotatable bonds is 3. The molecule has 25 heavy (non-hydrogen) atoms. The number of benzene rings is 1. The molecule has 3 aromatic rings. The maximum Gasteiger partial charge on any atom is 0.313 e. The van der Waals surface area contributed by atoms with Crippen molar-refractivity contribution in [2.45, 2.75) is 6.54 Å². The van der Waals surface area contributed by atoms with Gasteiger partial charge in [-0.1, -0.05) is 6.07 Å². The van der Waals surface area contributed by atoms with Gasteiger partial charge in [-0.25, -0.2) is 13.2 Å². The highest BCUT2D eigenvalue weighted by atomic mass is 19.2. The number of fused-ring (bicyclic) bond motifs is 1. The summed E-state index contributed by atoms with van der Waals surface area (Å²) < 4.78 is 41.0. The number of hydrogen-bond acceptors (Lipinski definition) is 4. The fraction of sp³-hybridized carbons (Fsp3) is 0.0667. The molecule has 0 aliphatic carbocycles. The van der Waals surface area contributed by atoms with E-state index in [-0.39, 0.29) is 12.6 Å². The van der Waals surface area contributed by atoms with Gasteiger partial charge in [-0.15, -0.1) is 10.2 Å². The third-order valence-corrected chi connectivity index (χ3v) is 3.26. The second kappa shape index (κ2) is 6.59. The zero-order chi connectivity index (χ0) is 18.0. The lowest BCUT2D eigenvalue weighted by Gasteiger charge is -2.07. The lowest BCUT2D eigenvalue weighted by molar-refractivity contribution is -0.136. The van der Waals surface area contributed by atoms with Gasteiger partial charge in [0.15, 0.2) is 23.1 Å². The highest BCUT2D eigenvalue weighted by Gasteiger charge is 2.18. The van der Waals surface area contributed by atoms with Gasteiger partial charge in [0.2, 0.25) is 0 Å². The van der Waals surface area contributed by atoms with Crippen molar-refractivity contribution in [1.29, 1.82) is 0 Å². The van der Waals surface area contributed by atoms with Crippen LogP contribution in [0.15, 0.2) is 36.5 Å². The molecule has 0 unspecified atom stereocenters. The molecule has 2 amide bonds. The average Bonchev–Trinajstić information content (AvgIpc) is 3.00. The summed E-state index contributed by atoms with van der Waals surface area (Å²) in [7, 11) is 0. The summed E-state index contributed by atoms with van der Waals surface area (Å²) in [6.45, 7) is -0.113. The van der Waals surface area contributed by atoms with Crippen molar-refractivity contribution in [3.05, 3.63) is 59.8 Å². The van der Waals surface area contributed by atoms with Crippen molar-refractivity contribution in [2.75, 3.05) is 5.32 Å². The number of nitrogens with zero attached hydrogens (tertiary/aromatic N) is 3. The molecule has 2 heterocycles. The van der Waals surface area contributed by atoms with Crippen molar-refractivity contribution in [3.8, 4) is 0 Å². The van der Waals surface area contributed by atoms with Crippen LogP contribution in [0.4, 0.5) is 18.9 Å². The van der Waals surface area contributed by atoms with Gasteiger partial charge in [0.1, 0.15) is 5.82 Å². The summed E-state index contributed by atoms with van der Waals surface area (Å²) in [6.07, 6.45) is 1.67. The second-order valence-electron chi connectivity index (χ2n) is 4.93. The maximum absolute atomic E-state index is 13.5. The third-order valence-electron chi connectivity index (χ3n) is 3.26. The van der Waals surface area contributed by atoms with Crippen molar-refractivity contribution >= 4 is 23.1 Å². The molecular weight excluding hydrogens is 339 g/mol. The van der Waals surface area contributed by atoms with Crippen LogP contribution in [0.2, 0.25) is 0 Å². The molecule has 0 saturated carbocycles. The van der Waals surface area contributed by atoms with Gasteiger partial charge in [-0.05, 0) is 12.1 Å². The number of aromatic nitrogens is 3. The highest BCUT2D eigenvalue weighted by molar-refractivity contribution is 6.39. The number of nitrogens with one attached hydrogen (secondary N) is 2. The van der Waals surface area contributed by atoms with Crippen molar-refractivity contribution in [2.24, 2.45) is 0 Å². The van der Waals surface area contributed by atoms with Crippen LogP contribution in [-0.2, 0) is 16.1 Å². The lowest BCUT2D eigenvalue weighted by Crippen LogP contribution is -2.35. The van der Waals surface area contributed by atoms with Gasteiger partial charge >= 0.3 is 11.8 Å². The molecule has 0 spiro atoms. The first-order chi connectivity index (χ1) is 12.0. The predicted molar refractivity (Wildman–Crippen MR) is 79.8 cm³/mol. The minimum absolute atomic E-state index is 0.113. The Morgan fingerprint density at radius 1 is 1.00 bits per heavy atom. The lowest BCUT2D eigenvalue weighted by atomic mass is 10.2. The standard InChI is InChI=1S/C15H10F3N5O2/c16-8-5-10(18)11(6-9(8)17)20-15(25)14(24)19-7-13-22-21-12-3-1-2-4-23(12)13/h1-6H,7H2,(H,19,24)(H,20,25). The molecule has 0 bridgehead atoms. The molecule has 2 N–H and O–H groups in total. The fourth-order valence-corrected chi connectivity index (χ4v) is 2.05. The Labute approximate surface area is 138 Å². The number of halogens is 3. The van der Waals surface area contributed by atoms with E-state index in [4.69, 9.17) is 0 Å². The highest BCUT2D eigenvalue weighted by Crippen LogP contribution is 2.18. The summed E-state index contributed by atoms with van der Waals surface area (Å²) in [5.41, 5.74) is -0.0907. The molecule has 0 saturated heterocycles. The predicted octanol–water partition coefficient (Wildman–Crippen LogP) is 1.40. The van der Waals surface area contributed by atoms with E-state index in [1.165, 1.54) is 0 Å². The Balaban J connectivity index is 1.65. The fourth-order valence-electron chi connectivity index (χ4n) is 2.05. The van der Waals surface area contributed by atoms with Crippen molar-refractivity contribution in [3.63, 3.8) is 0 Å². The summed E-state index contributed by atoms with van der Waals surface area (Å²) in [5.74, 6) is -5.93. The zero-order valence-corrected chi connectivity index (χ0v) is 12.5. The van der Waals surface area contributed by atoms with Crippen LogP contribution < -0.4 is 10.6 Å². The summed E-state index contributed by atoms with van der Waals surface area (Å²) in [4.78, 5) is 23.5. The minimum Gasteiger partial charge on any atom is -0.341 e. The Kier molecular flexibility index (Phi) is 4.33. The molecule has 10 heteroatoms. The van der Waals surface area contributed by atoms with Crippen molar-refractivity contribution < 1.29 is 22.8 Å². The van der Waals surface area contributed by atoms with E-state index in [1.807, 2.05) is 5.32 Å². The number of hydrogen-bond donors (Lipinski definition) is 2. The smallest absolute Gasteiger partial charge is 0.313 e. The normalized spacial score (nSPS) is 10.7. The van der Waals surface area contributed by atoms with Gasteiger partial charge < -0.3 is 10.6 Å². The van der Waals surface area contributed by atoms with Gasteiger partial charge in [0.25, 0.3) is 0 Å². The van der Waals surface area contributed by atoms with Gasteiger partial charge in [0, 0.05) is 18.3 Å². The topological polar surface area (TPSA) is 88.4 Å². The number of carbonyl (C=O) groups is 2. The minimum atomic E-state index is -1.40. The van der Waals surface area contributed by atoms with Gasteiger partial charge in [0.05, 0.1) is 12.2 Å². The van der Waals surface area contributed by atoms with E-state index in [2.05, 4.69) is 15.5 Å². The molecule has 2 aromatic heterocycles. The summed E-state index contributed by atoms with van der Waals surface area (Å²) in [5, 5.41) is 11.9. The first-order valence-corrected chi connectivity index (χ1v) is 6.98.